The topological polar surface area (TPSA) is 29.0 Å². The summed E-state index contributed by atoms with van der Waals surface area (Å²) in [4.78, 5) is 17.3. The summed E-state index contributed by atoms with van der Waals surface area (Å²) in [5, 5.41) is 11.4. The minimum atomic E-state index is 0.693. The highest BCUT2D eigenvalue weighted by atomic mass is 32.2. The van der Waals surface area contributed by atoms with E-state index in [9.17, 15) is 0 Å². The van der Waals surface area contributed by atoms with Crippen LogP contribution in [-0.4, -0.2) is 9.97 Å². The lowest BCUT2D eigenvalue weighted by Crippen LogP contribution is -2.18. The molecule has 1 aromatic heterocycles. The van der Waals surface area contributed by atoms with Gasteiger partial charge in [-0.15, -0.1) is 0 Å². The fourth-order valence-corrected chi connectivity index (χ4v) is 10.5. The summed E-state index contributed by atoms with van der Waals surface area (Å²) < 4.78 is 0. The minimum absolute atomic E-state index is 0.693. The van der Waals surface area contributed by atoms with Gasteiger partial charge >= 0.3 is 0 Å². The Bertz CT molecular complexity index is 3030. The van der Waals surface area contributed by atoms with E-state index in [0.29, 0.717) is 5.95 Å². The highest BCUT2D eigenvalue weighted by Crippen LogP contribution is 2.55. The Morgan fingerprint density at radius 2 is 0.981 bits per heavy atom. The molecule has 2 aliphatic rings. The van der Waals surface area contributed by atoms with Gasteiger partial charge in [-0.05, 0) is 73.1 Å². The van der Waals surface area contributed by atoms with Crippen LogP contribution in [0, 0.1) is 0 Å². The molecular formula is C49H31N3S2. The molecule has 2 aliphatic heterocycles. The molecule has 0 aliphatic carbocycles. The van der Waals surface area contributed by atoms with Crippen LogP contribution in [0.5, 0.6) is 0 Å². The van der Waals surface area contributed by atoms with Crippen molar-refractivity contribution < 1.29 is 0 Å². The van der Waals surface area contributed by atoms with Gasteiger partial charge in [-0.25, -0.2) is 9.97 Å². The van der Waals surface area contributed by atoms with Gasteiger partial charge in [0.25, 0.3) is 0 Å². The Kier molecular flexibility index (Phi) is 7.42. The average Bonchev–Trinajstić information content (AvgIpc) is 3.25. The number of rotatable bonds is 1. The molecule has 10 aromatic rings. The van der Waals surface area contributed by atoms with Crippen LogP contribution in [-0.2, 0) is 6.42 Å². The van der Waals surface area contributed by atoms with Gasteiger partial charge in [0.15, 0.2) is 0 Å². The third kappa shape index (κ3) is 5.15. The average molecular weight is 726 g/mol. The SMILES string of the molecule is c1ccc2c3c(ccc2c1)Sc1c(ccc2ccccc12)C3.c1ccc2nc(N3c4ccc5ccccc5c4Sc4ccc5ccccc5c43)ncc2c1. The van der Waals surface area contributed by atoms with Crippen molar-refractivity contribution in [3.8, 4) is 0 Å². The molecule has 5 heteroatoms. The smallest absolute Gasteiger partial charge is 0.235 e. The van der Waals surface area contributed by atoms with Gasteiger partial charge in [0, 0.05) is 43.0 Å². The van der Waals surface area contributed by atoms with Crippen LogP contribution in [0.3, 0.4) is 0 Å². The third-order valence-corrected chi connectivity index (χ3v) is 13.1. The quantitative estimate of drug-likeness (QED) is 0.168. The van der Waals surface area contributed by atoms with Crippen LogP contribution in [0.25, 0.3) is 54.0 Å². The Labute approximate surface area is 321 Å². The van der Waals surface area contributed by atoms with Crippen LogP contribution in [0.4, 0.5) is 17.3 Å². The standard InChI is InChI=1S/C28H17N3S.C21H14S/c1-4-10-21-18(7-1)14-16-25-26(21)31(28-29-17-20-9-3-6-12-23(20)30-28)24-15-13-19-8-2-5-11-22(19)27(24)32-25;1-3-7-17-14(5-1)11-12-20-19(17)13-16-10-9-15-6-2-4-8-18(15)21(16)22-20/h1-17H;1-12H,13H2. The molecule has 3 nitrogen and oxygen atoms in total. The largest absolute Gasteiger partial charge is 0.276 e. The first-order valence-electron chi connectivity index (χ1n) is 18.2. The predicted octanol–water partition coefficient (Wildman–Crippen LogP) is 13.9. The first-order valence-corrected chi connectivity index (χ1v) is 19.8. The van der Waals surface area contributed by atoms with Crippen molar-refractivity contribution in [2.24, 2.45) is 0 Å². The summed E-state index contributed by atoms with van der Waals surface area (Å²) >= 11 is 3.76. The lowest BCUT2D eigenvalue weighted by Gasteiger charge is -2.33. The molecule has 3 heterocycles. The number of nitrogens with zero attached hydrogens (tertiary/aromatic N) is 3. The fourth-order valence-electron chi connectivity index (χ4n) is 8.01. The first kappa shape index (κ1) is 31.4. The van der Waals surface area contributed by atoms with E-state index in [-0.39, 0.29) is 0 Å². The van der Waals surface area contributed by atoms with Gasteiger partial charge in [0.1, 0.15) is 0 Å². The number of benzene rings is 9. The predicted molar refractivity (Wildman–Crippen MR) is 228 cm³/mol. The van der Waals surface area contributed by atoms with Crippen LogP contribution in [0.1, 0.15) is 11.1 Å². The highest BCUT2D eigenvalue weighted by molar-refractivity contribution is 8.00. The van der Waals surface area contributed by atoms with Crippen LogP contribution in [0.2, 0.25) is 0 Å². The molecule has 0 N–H and O–H groups in total. The van der Waals surface area contributed by atoms with Crippen molar-refractivity contribution >= 4 is 94.8 Å². The summed E-state index contributed by atoms with van der Waals surface area (Å²) in [7, 11) is 0. The van der Waals surface area contributed by atoms with Gasteiger partial charge in [-0.2, -0.15) is 0 Å². The van der Waals surface area contributed by atoms with E-state index in [2.05, 4.69) is 157 Å². The normalized spacial score (nSPS) is 12.9. The Hall–Kier alpha value is -6.14. The zero-order chi connectivity index (χ0) is 35.6. The maximum atomic E-state index is 4.99. The number of para-hydroxylation sites is 1. The second-order valence-corrected chi connectivity index (χ2v) is 15.9. The second kappa shape index (κ2) is 12.8. The second-order valence-electron chi connectivity index (χ2n) is 13.8. The van der Waals surface area contributed by atoms with E-state index in [4.69, 9.17) is 9.97 Å². The van der Waals surface area contributed by atoms with Gasteiger partial charge in [0.05, 0.1) is 16.9 Å². The molecule has 54 heavy (non-hydrogen) atoms. The minimum Gasteiger partial charge on any atom is -0.276 e. The molecule has 0 spiro atoms. The van der Waals surface area contributed by atoms with E-state index in [1.165, 1.54) is 73.8 Å². The lowest BCUT2D eigenvalue weighted by atomic mass is 9.96. The lowest BCUT2D eigenvalue weighted by molar-refractivity contribution is 1.08. The number of anilines is 3. The van der Waals surface area contributed by atoms with Crippen molar-refractivity contribution in [3.63, 3.8) is 0 Å². The van der Waals surface area contributed by atoms with Gasteiger partial charge in [-0.1, -0.05) is 169 Å². The van der Waals surface area contributed by atoms with Gasteiger partial charge in [-0.3, -0.25) is 4.90 Å². The van der Waals surface area contributed by atoms with E-state index < -0.39 is 0 Å². The molecule has 254 valence electrons. The summed E-state index contributed by atoms with van der Waals surface area (Å²) in [6.07, 6.45) is 2.95. The molecular weight excluding hydrogens is 695 g/mol. The molecule has 0 radical (unpaired) electrons. The van der Waals surface area contributed by atoms with E-state index in [1.807, 2.05) is 47.9 Å². The molecule has 0 atom stereocenters. The van der Waals surface area contributed by atoms with Crippen molar-refractivity contribution in [2.45, 2.75) is 26.0 Å². The molecule has 0 bridgehead atoms. The van der Waals surface area contributed by atoms with Crippen LogP contribution >= 0.6 is 23.5 Å². The molecule has 0 fully saturated rings. The van der Waals surface area contributed by atoms with Crippen molar-refractivity contribution in [1.29, 1.82) is 0 Å². The molecule has 12 rings (SSSR count). The van der Waals surface area contributed by atoms with Crippen molar-refractivity contribution in [3.05, 3.63) is 187 Å². The summed E-state index contributed by atoms with van der Waals surface area (Å²) in [5.41, 5.74) is 6.14. The summed E-state index contributed by atoms with van der Waals surface area (Å²) in [6, 6.07) is 60.6. The number of hydrogen-bond donors (Lipinski definition) is 0. The maximum absolute atomic E-state index is 4.99. The molecule has 0 unspecified atom stereocenters. The Morgan fingerprint density at radius 1 is 0.444 bits per heavy atom. The van der Waals surface area contributed by atoms with Crippen molar-refractivity contribution in [1.82, 2.24) is 9.97 Å². The van der Waals surface area contributed by atoms with E-state index >= 15 is 0 Å². The van der Waals surface area contributed by atoms with Gasteiger partial charge in [0.2, 0.25) is 5.95 Å². The number of fused-ring (bicyclic) bond motifs is 13. The van der Waals surface area contributed by atoms with E-state index in [1.54, 1.807) is 0 Å². The highest BCUT2D eigenvalue weighted by Gasteiger charge is 2.30. The molecule has 0 saturated heterocycles. The van der Waals surface area contributed by atoms with Gasteiger partial charge < -0.3 is 0 Å². The number of hydrogen-bond acceptors (Lipinski definition) is 5. The monoisotopic (exact) mass is 725 g/mol. The van der Waals surface area contributed by atoms with Crippen molar-refractivity contribution in [2.75, 3.05) is 4.90 Å². The van der Waals surface area contributed by atoms with Crippen LogP contribution in [0.15, 0.2) is 196 Å². The van der Waals surface area contributed by atoms with E-state index in [0.717, 1.165) is 28.7 Å². The number of aromatic nitrogens is 2. The summed E-state index contributed by atoms with van der Waals surface area (Å²) in [5.74, 6) is 0.693. The maximum Gasteiger partial charge on any atom is 0.235 e. The Morgan fingerprint density at radius 3 is 1.74 bits per heavy atom. The van der Waals surface area contributed by atoms with Crippen LogP contribution < -0.4 is 4.90 Å². The zero-order valence-corrected chi connectivity index (χ0v) is 30.7. The summed E-state index contributed by atoms with van der Waals surface area (Å²) in [6.45, 7) is 0. The Balaban J connectivity index is 0.000000135. The fraction of sp³-hybridized carbons (Fsp3) is 0.0204. The molecule has 0 amide bonds. The molecule has 9 aromatic carbocycles. The molecule has 0 saturated carbocycles. The zero-order valence-electron chi connectivity index (χ0n) is 29.1. The third-order valence-electron chi connectivity index (χ3n) is 10.6. The first-order chi connectivity index (χ1) is 26.8.